The molecular formula is C13H20N2O. The smallest absolute Gasteiger partial charge is 0.0434 e. The van der Waals surface area contributed by atoms with Gasteiger partial charge in [-0.15, -0.1) is 0 Å². The molecule has 1 aliphatic rings. The first kappa shape index (κ1) is 11.6. The van der Waals surface area contributed by atoms with Gasteiger partial charge in [0.15, 0.2) is 0 Å². The molecule has 1 aromatic rings. The van der Waals surface area contributed by atoms with Crippen molar-refractivity contribution in [1.29, 1.82) is 0 Å². The lowest BCUT2D eigenvalue weighted by molar-refractivity contribution is 0.288. The molecule has 0 bridgehead atoms. The third-order valence-electron chi connectivity index (χ3n) is 3.34. The summed E-state index contributed by atoms with van der Waals surface area (Å²) >= 11 is 0. The molecule has 2 heterocycles. The van der Waals surface area contributed by atoms with Crippen LogP contribution >= 0.6 is 0 Å². The molecule has 2 rings (SSSR count). The van der Waals surface area contributed by atoms with Crippen molar-refractivity contribution in [2.45, 2.75) is 31.7 Å². The van der Waals surface area contributed by atoms with Gasteiger partial charge in [-0.2, -0.15) is 0 Å². The van der Waals surface area contributed by atoms with Gasteiger partial charge in [0.2, 0.25) is 0 Å². The summed E-state index contributed by atoms with van der Waals surface area (Å²) in [5.74, 6) is 0. The number of aryl methyl sites for hydroxylation is 1. The van der Waals surface area contributed by atoms with E-state index in [1.165, 1.54) is 30.5 Å². The zero-order valence-corrected chi connectivity index (χ0v) is 9.89. The van der Waals surface area contributed by atoms with E-state index in [2.05, 4.69) is 23.0 Å². The summed E-state index contributed by atoms with van der Waals surface area (Å²) in [5.41, 5.74) is 2.57. The fraction of sp³-hybridized carbons (Fsp3) is 0.615. The number of likely N-dealkylation sites (tertiary alicyclic amines) is 1. The standard InChI is InChI=1S/C13H20N2O/c1-15-6-2-5-13(15)12-8-11(4-3-7-16)9-14-10-12/h8-10,13,16H,2-7H2,1H3. The summed E-state index contributed by atoms with van der Waals surface area (Å²) in [7, 11) is 2.18. The van der Waals surface area contributed by atoms with Gasteiger partial charge < -0.3 is 5.11 Å². The molecule has 0 aromatic carbocycles. The number of nitrogens with zero attached hydrogens (tertiary/aromatic N) is 2. The van der Waals surface area contributed by atoms with E-state index in [-0.39, 0.29) is 6.61 Å². The van der Waals surface area contributed by atoms with Crippen LogP contribution in [0.5, 0.6) is 0 Å². The van der Waals surface area contributed by atoms with Crippen molar-refractivity contribution in [3.63, 3.8) is 0 Å². The number of aromatic nitrogens is 1. The largest absolute Gasteiger partial charge is 0.396 e. The minimum absolute atomic E-state index is 0.257. The molecule has 1 aliphatic heterocycles. The average Bonchev–Trinajstić information content (AvgIpc) is 2.73. The van der Waals surface area contributed by atoms with Crippen molar-refractivity contribution < 1.29 is 5.11 Å². The maximum Gasteiger partial charge on any atom is 0.0434 e. The van der Waals surface area contributed by atoms with Crippen LogP contribution in [0.3, 0.4) is 0 Å². The second-order valence-electron chi connectivity index (χ2n) is 4.59. The van der Waals surface area contributed by atoms with Crippen molar-refractivity contribution in [3.05, 3.63) is 29.6 Å². The quantitative estimate of drug-likeness (QED) is 0.840. The Balaban J connectivity index is 2.09. The van der Waals surface area contributed by atoms with Gasteiger partial charge in [0.1, 0.15) is 0 Å². The molecule has 1 unspecified atom stereocenters. The second kappa shape index (κ2) is 5.41. The lowest BCUT2D eigenvalue weighted by Crippen LogP contribution is -2.17. The third kappa shape index (κ3) is 2.60. The molecule has 0 aliphatic carbocycles. The van der Waals surface area contributed by atoms with E-state index in [1.807, 2.05) is 12.4 Å². The number of rotatable bonds is 4. The molecular weight excluding hydrogens is 200 g/mol. The maximum absolute atomic E-state index is 8.82. The molecule has 3 heteroatoms. The Hall–Kier alpha value is -0.930. The lowest BCUT2D eigenvalue weighted by Gasteiger charge is -2.19. The Morgan fingerprint density at radius 1 is 1.50 bits per heavy atom. The van der Waals surface area contributed by atoms with Crippen LogP contribution in [0.25, 0.3) is 0 Å². The molecule has 16 heavy (non-hydrogen) atoms. The average molecular weight is 220 g/mol. The van der Waals surface area contributed by atoms with Crippen LogP contribution in [0.1, 0.15) is 36.4 Å². The fourth-order valence-corrected chi connectivity index (χ4v) is 2.44. The highest BCUT2D eigenvalue weighted by atomic mass is 16.2. The summed E-state index contributed by atoms with van der Waals surface area (Å²) in [6.45, 7) is 1.44. The Morgan fingerprint density at radius 3 is 3.06 bits per heavy atom. The van der Waals surface area contributed by atoms with E-state index in [4.69, 9.17) is 5.11 Å². The molecule has 1 saturated heterocycles. The molecule has 88 valence electrons. The van der Waals surface area contributed by atoms with Crippen LogP contribution in [0.2, 0.25) is 0 Å². The van der Waals surface area contributed by atoms with Crippen LogP contribution < -0.4 is 0 Å². The van der Waals surface area contributed by atoms with Gasteiger partial charge in [-0.3, -0.25) is 9.88 Å². The molecule has 1 N–H and O–H groups in total. The van der Waals surface area contributed by atoms with Crippen molar-refractivity contribution in [3.8, 4) is 0 Å². The first-order valence-corrected chi connectivity index (χ1v) is 6.06. The monoisotopic (exact) mass is 220 g/mol. The van der Waals surface area contributed by atoms with E-state index in [1.54, 1.807) is 0 Å². The summed E-state index contributed by atoms with van der Waals surface area (Å²) in [6.07, 6.45) is 8.16. The lowest BCUT2D eigenvalue weighted by atomic mass is 10.0. The van der Waals surface area contributed by atoms with Gasteiger partial charge in [-0.25, -0.2) is 0 Å². The van der Waals surface area contributed by atoms with Gasteiger partial charge >= 0.3 is 0 Å². The van der Waals surface area contributed by atoms with E-state index in [0.717, 1.165) is 12.8 Å². The highest BCUT2D eigenvalue weighted by Gasteiger charge is 2.22. The number of hydrogen-bond acceptors (Lipinski definition) is 3. The topological polar surface area (TPSA) is 36.4 Å². The highest BCUT2D eigenvalue weighted by molar-refractivity contribution is 5.22. The van der Waals surface area contributed by atoms with E-state index >= 15 is 0 Å². The fourth-order valence-electron chi connectivity index (χ4n) is 2.44. The summed E-state index contributed by atoms with van der Waals surface area (Å²) < 4.78 is 0. The number of pyridine rings is 1. The number of hydrogen-bond donors (Lipinski definition) is 1. The van der Waals surface area contributed by atoms with Crippen molar-refractivity contribution in [2.24, 2.45) is 0 Å². The molecule has 0 amide bonds. The summed E-state index contributed by atoms with van der Waals surface area (Å²) in [6, 6.07) is 2.79. The summed E-state index contributed by atoms with van der Waals surface area (Å²) in [4.78, 5) is 6.70. The maximum atomic E-state index is 8.82. The minimum atomic E-state index is 0.257. The predicted octanol–water partition coefficient (Wildman–Crippen LogP) is 1.77. The zero-order chi connectivity index (χ0) is 11.4. The second-order valence-corrected chi connectivity index (χ2v) is 4.59. The Kier molecular flexibility index (Phi) is 3.91. The zero-order valence-electron chi connectivity index (χ0n) is 9.89. The number of aliphatic hydroxyl groups is 1. The predicted molar refractivity (Wildman–Crippen MR) is 64.2 cm³/mol. The molecule has 1 fully saturated rings. The van der Waals surface area contributed by atoms with Crippen molar-refractivity contribution in [1.82, 2.24) is 9.88 Å². The molecule has 0 radical (unpaired) electrons. The highest BCUT2D eigenvalue weighted by Crippen LogP contribution is 2.30. The van der Waals surface area contributed by atoms with Gasteiger partial charge in [0, 0.05) is 25.0 Å². The Morgan fingerprint density at radius 2 is 2.38 bits per heavy atom. The van der Waals surface area contributed by atoms with Crippen molar-refractivity contribution in [2.75, 3.05) is 20.2 Å². The first-order valence-electron chi connectivity index (χ1n) is 6.06. The normalized spacial score (nSPS) is 21.5. The molecule has 0 saturated carbocycles. The van der Waals surface area contributed by atoms with Crippen LogP contribution in [0.4, 0.5) is 0 Å². The SMILES string of the molecule is CN1CCCC1c1cncc(CCCO)c1. The van der Waals surface area contributed by atoms with E-state index < -0.39 is 0 Å². The Labute approximate surface area is 97.1 Å². The van der Waals surface area contributed by atoms with Crippen LogP contribution in [0, 0.1) is 0 Å². The summed E-state index contributed by atoms with van der Waals surface area (Å²) in [5, 5.41) is 8.82. The molecule has 1 atom stereocenters. The van der Waals surface area contributed by atoms with Gasteiger partial charge in [-0.05, 0) is 50.4 Å². The van der Waals surface area contributed by atoms with Crippen molar-refractivity contribution >= 4 is 0 Å². The number of aliphatic hydroxyl groups excluding tert-OH is 1. The van der Waals surface area contributed by atoms with Crippen LogP contribution in [-0.2, 0) is 6.42 Å². The van der Waals surface area contributed by atoms with Crippen LogP contribution in [0.15, 0.2) is 18.5 Å². The van der Waals surface area contributed by atoms with Crippen LogP contribution in [-0.4, -0.2) is 35.2 Å². The van der Waals surface area contributed by atoms with Gasteiger partial charge in [0.25, 0.3) is 0 Å². The molecule has 0 spiro atoms. The van der Waals surface area contributed by atoms with Gasteiger partial charge in [-0.1, -0.05) is 6.07 Å². The van der Waals surface area contributed by atoms with Gasteiger partial charge in [0.05, 0.1) is 0 Å². The Bertz CT molecular complexity index is 340. The molecule has 1 aromatic heterocycles. The minimum Gasteiger partial charge on any atom is -0.396 e. The van der Waals surface area contributed by atoms with E-state index in [0.29, 0.717) is 6.04 Å². The molecule has 3 nitrogen and oxygen atoms in total. The first-order chi connectivity index (χ1) is 7.81. The third-order valence-corrected chi connectivity index (χ3v) is 3.34. The van der Waals surface area contributed by atoms with E-state index in [9.17, 15) is 0 Å².